The molecule has 0 heterocycles. The van der Waals surface area contributed by atoms with E-state index >= 15 is 0 Å². The molecule has 3 aromatic rings. The number of benzene rings is 3. The highest BCUT2D eigenvalue weighted by Gasteiger charge is 2.16. The molecular weight excluding hydrogens is 479 g/mol. The maximum Gasteiger partial charge on any atom is 0.260 e. The van der Waals surface area contributed by atoms with Gasteiger partial charge in [0.2, 0.25) is 5.91 Å². The lowest BCUT2D eigenvalue weighted by molar-refractivity contribution is -0.135. The maximum absolute atomic E-state index is 12.3. The summed E-state index contributed by atoms with van der Waals surface area (Å²) < 4.78 is 6.58. The van der Waals surface area contributed by atoms with E-state index in [4.69, 9.17) is 27.9 Å². The number of carbonyl (C=O) groups excluding carboxylic acids is 2. The topological polar surface area (TPSA) is 58.6 Å². The van der Waals surface area contributed by atoms with Gasteiger partial charge in [0, 0.05) is 11.5 Å². The SMILES string of the molecule is CN(CC(=O)Nc1c(Cl)cccc1Cl)C(=O)COc1ccc2cc(Br)ccc2c1. The molecule has 0 saturated carbocycles. The standard InChI is InChI=1S/C21H17BrCl2N2O3/c1-26(11-19(27)25-21-17(23)3-2-4-18(21)24)20(28)12-29-16-8-6-13-9-15(22)7-5-14(13)10-16/h2-10H,11-12H2,1H3,(H,25,27). The third kappa shape index (κ3) is 5.63. The summed E-state index contributed by atoms with van der Waals surface area (Å²) in [5.41, 5.74) is 0.320. The predicted molar refractivity (Wildman–Crippen MR) is 120 cm³/mol. The minimum Gasteiger partial charge on any atom is -0.484 e. The van der Waals surface area contributed by atoms with Crippen molar-refractivity contribution in [3.63, 3.8) is 0 Å². The van der Waals surface area contributed by atoms with E-state index in [1.807, 2.05) is 30.3 Å². The molecule has 0 unspecified atom stereocenters. The number of hydrogen-bond acceptors (Lipinski definition) is 3. The van der Waals surface area contributed by atoms with Gasteiger partial charge in [0.05, 0.1) is 22.3 Å². The van der Waals surface area contributed by atoms with Gasteiger partial charge in [0.1, 0.15) is 5.75 Å². The van der Waals surface area contributed by atoms with Gasteiger partial charge in [-0.1, -0.05) is 57.3 Å². The summed E-state index contributed by atoms with van der Waals surface area (Å²) in [7, 11) is 1.53. The molecule has 0 saturated heterocycles. The molecule has 3 rings (SSSR count). The number of rotatable bonds is 6. The zero-order valence-electron chi connectivity index (χ0n) is 15.4. The first-order valence-corrected chi connectivity index (χ1v) is 10.2. The van der Waals surface area contributed by atoms with Gasteiger partial charge in [-0.25, -0.2) is 0 Å². The molecular formula is C21H17BrCl2N2O3. The van der Waals surface area contributed by atoms with Crippen LogP contribution in [-0.4, -0.2) is 36.9 Å². The second-order valence-electron chi connectivity index (χ2n) is 6.34. The molecule has 0 aliphatic heterocycles. The molecule has 1 N–H and O–H groups in total. The Morgan fingerprint density at radius 1 is 1.03 bits per heavy atom. The first-order valence-electron chi connectivity index (χ1n) is 8.63. The van der Waals surface area contributed by atoms with Gasteiger partial charge in [-0.05, 0) is 47.2 Å². The number of hydrogen-bond donors (Lipinski definition) is 1. The van der Waals surface area contributed by atoms with Crippen LogP contribution in [0.2, 0.25) is 10.0 Å². The van der Waals surface area contributed by atoms with Crippen LogP contribution >= 0.6 is 39.1 Å². The molecule has 150 valence electrons. The Labute approximate surface area is 186 Å². The number of nitrogens with one attached hydrogen (secondary N) is 1. The molecule has 8 heteroatoms. The summed E-state index contributed by atoms with van der Waals surface area (Å²) in [6.07, 6.45) is 0. The Morgan fingerprint density at radius 3 is 2.41 bits per heavy atom. The van der Waals surface area contributed by atoms with E-state index in [2.05, 4.69) is 21.2 Å². The largest absolute Gasteiger partial charge is 0.484 e. The van der Waals surface area contributed by atoms with Crippen LogP contribution in [0.1, 0.15) is 0 Å². The minimum absolute atomic E-state index is 0.157. The van der Waals surface area contributed by atoms with Crippen molar-refractivity contribution >= 4 is 67.4 Å². The average molecular weight is 496 g/mol. The van der Waals surface area contributed by atoms with Crippen LogP contribution in [0.3, 0.4) is 0 Å². The molecule has 0 fully saturated rings. The molecule has 0 aromatic heterocycles. The van der Waals surface area contributed by atoms with Crippen LogP contribution in [0.4, 0.5) is 5.69 Å². The highest BCUT2D eigenvalue weighted by Crippen LogP contribution is 2.29. The summed E-state index contributed by atoms with van der Waals surface area (Å²) in [5.74, 6) is -0.165. The Balaban J connectivity index is 1.55. The third-order valence-electron chi connectivity index (χ3n) is 4.17. The van der Waals surface area contributed by atoms with E-state index in [-0.39, 0.29) is 19.1 Å². The van der Waals surface area contributed by atoms with Crippen LogP contribution < -0.4 is 10.1 Å². The van der Waals surface area contributed by atoms with E-state index in [1.165, 1.54) is 11.9 Å². The van der Waals surface area contributed by atoms with Crippen molar-refractivity contribution < 1.29 is 14.3 Å². The molecule has 0 spiro atoms. The smallest absolute Gasteiger partial charge is 0.260 e. The normalized spacial score (nSPS) is 10.6. The van der Waals surface area contributed by atoms with Gasteiger partial charge in [-0.2, -0.15) is 0 Å². The molecule has 2 amide bonds. The fourth-order valence-corrected chi connectivity index (χ4v) is 3.51. The number of nitrogens with zero attached hydrogens (tertiary/aromatic N) is 1. The molecule has 29 heavy (non-hydrogen) atoms. The quantitative estimate of drug-likeness (QED) is 0.499. The van der Waals surface area contributed by atoms with Crippen LogP contribution in [0, 0.1) is 0 Å². The Hall–Kier alpha value is -2.28. The van der Waals surface area contributed by atoms with Gasteiger partial charge in [0.25, 0.3) is 5.91 Å². The van der Waals surface area contributed by atoms with Gasteiger partial charge < -0.3 is 15.0 Å². The van der Waals surface area contributed by atoms with E-state index in [0.717, 1.165) is 15.2 Å². The first kappa shape index (κ1) is 21.4. The fraction of sp³-hybridized carbons (Fsp3) is 0.143. The number of ether oxygens (including phenoxy) is 1. The van der Waals surface area contributed by atoms with Gasteiger partial charge in [0.15, 0.2) is 6.61 Å². The number of carbonyl (C=O) groups is 2. The predicted octanol–water partition coefficient (Wildman–Crippen LogP) is 5.39. The zero-order chi connectivity index (χ0) is 21.0. The van der Waals surface area contributed by atoms with Crippen molar-refractivity contribution in [2.24, 2.45) is 0 Å². The summed E-state index contributed by atoms with van der Waals surface area (Å²) in [4.78, 5) is 25.8. The van der Waals surface area contributed by atoms with Gasteiger partial charge in [-0.3, -0.25) is 9.59 Å². The van der Waals surface area contributed by atoms with E-state index in [0.29, 0.717) is 21.5 Å². The molecule has 0 atom stereocenters. The van der Waals surface area contributed by atoms with Gasteiger partial charge >= 0.3 is 0 Å². The van der Waals surface area contributed by atoms with Crippen molar-refractivity contribution in [3.8, 4) is 5.75 Å². The average Bonchev–Trinajstić information content (AvgIpc) is 2.69. The summed E-state index contributed by atoms with van der Waals surface area (Å²) in [6, 6.07) is 16.4. The number of amides is 2. The van der Waals surface area contributed by atoms with E-state index in [1.54, 1.807) is 24.3 Å². The maximum atomic E-state index is 12.3. The number of fused-ring (bicyclic) bond motifs is 1. The molecule has 0 bridgehead atoms. The fourth-order valence-electron chi connectivity index (χ4n) is 2.64. The van der Waals surface area contributed by atoms with Crippen LogP contribution in [-0.2, 0) is 9.59 Å². The highest BCUT2D eigenvalue weighted by atomic mass is 79.9. The number of anilines is 1. The highest BCUT2D eigenvalue weighted by molar-refractivity contribution is 9.10. The van der Waals surface area contributed by atoms with E-state index < -0.39 is 5.91 Å². The summed E-state index contributed by atoms with van der Waals surface area (Å²) in [6.45, 7) is -0.339. The van der Waals surface area contributed by atoms with Gasteiger partial charge in [-0.15, -0.1) is 0 Å². The first-order chi connectivity index (χ1) is 13.8. The van der Waals surface area contributed by atoms with Crippen LogP contribution in [0.15, 0.2) is 59.1 Å². The summed E-state index contributed by atoms with van der Waals surface area (Å²) >= 11 is 15.5. The lowest BCUT2D eigenvalue weighted by Crippen LogP contribution is -2.37. The Morgan fingerprint density at radius 2 is 1.69 bits per heavy atom. The Kier molecular flexibility index (Phi) is 7.00. The third-order valence-corrected chi connectivity index (χ3v) is 5.29. The lowest BCUT2D eigenvalue weighted by Gasteiger charge is -2.18. The number of para-hydroxylation sites is 1. The van der Waals surface area contributed by atoms with Crippen molar-refractivity contribution in [3.05, 3.63) is 69.1 Å². The Bertz CT molecular complexity index is 1050. The molecule has 3 aromatic carbocycles. The van der Waals surface area contributed by atoms with Crippen molar-refractivity contribution in [2.75, 3.05) is 25.5 Å². The van der Waals surface area contributed by atoms with Crippen molar-refractivity contribution in [2.45, 2.75) is 0 Å². The minimum atomic E-state index is -0.410. The second-order valence-corrected chi connectivity index (χ2v) is 8.07. The molecule has 0 radical (unpaired) electrons. The van der Waals surface area contributed by atoms with E-state index in [9.17, 15) is 9.59 Å². The number of halogens is 3. The zero-order valence-corrected chi connectivity index (χ0v) is 18.5. The molecule has 0 aliphatic rings. The monoisotopic (exact) mass is 494 g/mol. The second kappa shape index (κ2) is 9.48. The molecule has 0 aliphatic carbocycles. The van der Waals surface area contributed by atoms with Crippen molar-refractivity contribution in [1.29, 1.82) is 0 Å². The van der Waals surface area contributed by atoms with Crippen LogP contribution in [0.25, 0.3) is 10.8 Å². The molecule has 5 nitrogen and oxygen atoms in total. The lowest BCUT2D eigenvalue weighted by atomic mass is 10.1. The van der Waals surface area contributed by atoms with Crippen molar-refractivity contribution in [1.82, 2.24) is 4.90 Å². The number of likely N-dealkylation sites (N-methyl/N-ethyl adjacent to an activating group) is 1. The summed E-state index contributed by atoms with van der Waals surface area (Å²) in [5, 5.41) is 5.33. The van der Waals surface area contributed by atoms with Crippen LogP contribution in [0.5, 0.6) is 5.75 Å².